The van der Waals surface area contributed by atoms with E-state index in [2.05, 4.69) is 10.6 Å². The zero-order valence-corrected chi connectivity index (χ0v) is 21.6. The number of amides is 4. The van der Waals surface area contributed by atoms with Gasteiger partial charge >= 0.3 is 218 Å². The van der Waals surface area contributed by atoms with Gasteiger partial charge in [-0.25, -0.2) is 0 Å². The Bertz CT molecular complexity index is 1200. The normalized spacial score (nSPS) is 21.8. The topological polar surface area (TPSA) is 128 Å². The molecule has 0 aromatic heterocycles. The molecule has 3 unspecified atom stereocenters. The van der Waals surface area contributed by atoms with Gasteiger partial charge in [0.25, 0.3) is 0 Å². The molecule has 2 heterocycles. The van der Waals surface area contributed by atoms with Gasteiger partial charge in [0.05, 0.1) is 0 Å². The molecule has 0 spiro atoms. The molecule has 2 aliphatic heterocycles. The number of hydrogen-bond acceptors (Lipinski definition) is 5. The molecule has 13 heteroatoms. The van der Waals surface area contributed by atoms with E-state index in [1.807, 2.05) is 0 Å². The Morgan fingerprint density at radius 1 is 1.19 bits per heavy atom. The second-order valence-electron chi connectivity index (χ2n) is 8.19. The minimum atomic E-state index is -1.34. The summed E-state index contributed by atoms with van der Waals surface area (Å²) in [6.45, 7) is 0.105. The number of ether oxygens (including phenoxy) is 1. The number of nitrogens with zero attached hydrogens (tertiary/aromatic N) is 2. The fourth-order valence-electron chi connectivity index (χ4n) is 4.08. The van der Waals surface area contributed by atoms with Crippen molar-refractivity contribution in [3.63, 3.8) is 0 Å². The molecular weight excluding hydrogens is 558 g/mol. The van der Waals surface area contributed by atoms with Crippen molar-refractivity contribution in [3.8, 4) is 0 Å². The molecule has 0 aliphatic carbocycles. The number of aliphatic carboxylic acids is 1. The van der Waals surface area contributed by atoms with Gasteiger partial charge in [0.2, 0.25) is 0 Å². The molecule has 3 N–H and O–H groups in total. The van der Waals surface area contributed by atoms with Gasteiger partial charge in [-0.05, 0) is 0 Å². The Hall–Kier alpha value is -3.14. The number of carbonyl (C=O) groups is 4. The van der Waals surface area contributed by atoms with Gasteiger partial charge in [-0.2, -0.15) is 0 Å². The van der Waals surface area contributed by atoms with Gasteiger partial charge in [0.1, 0.15) is 0 Å². The van der Waals surface area contributed by atoms with Gasteiger partial charge in [-0.1, -0.05) is 0 Å². The zero-order valence-electron chi connectivity index (χ0n) is 19.0. The van der Waals surface area contributed by atoms with E-state index in [9.17, 15) is 28.7 Å². The van der Waals surface area contributed by atoms with Crippen molar-refractivity contribution >= 4 is 65.7 Å². The van der Waals surface area contributed by atoms with Crippen LogP contribution in [-0.2, 0) is 14.3 Å². The van der Waals surface area contributed by atoms with Gasteiger partial charge < -0.3 is 0 Å². The molecule has 3 atom stereocenters. The summed E-state index contributed by atoms with van der Waals surface area (Å²) in [5.41, 5.74) is 0.591. The van der Waals surface area contributed by atoms with E-state index in [1.54, 1.807) is 24.3 Å². The number of likely N-dealkylation sites (tertiary alicyclic amines) is 1. The molecule has 2 fully saturated rings. The van der Waals surface area contributed by atoms with Crippen molar-refractivity contribution in [3.05, 3.63) is 53.3 Å². The number of carboxylic acids is 1. The number of rotatable bonds is 7. The van der Waals surface area contributed by atoms with Crippen LogP contribution in [0.2, 0.25) is 5.02 Å². The van der Waals surface area contributed by atoms with Crippen LogP contribution in [0.3, 0.4) is 0 Å². The molecule has 36 heavy (non-hydrogen) atoms. The van der Waals surface area contributed by atoms with E-state index in [0.717, 1.165) is 11.0 Å². The predicted molar refractivity (Wildman–Crippen MR) is 130 cm³/mol. The van der Waals surface area contributed by atoms with E-state index in [0.29, 0.717) is 10.7 Å². The number of benzene rings is 2. The van der Waals surface area contributed by atoms with Gasteiger partial charge in [0, 0.05) is 0 Å². The molecule has 1 radical (unpaired) electrons. The van der Waals surface area contributed by atoms with Gasteiger partial charge in [0.15, 0.2) is 0 Å². The van der Waals surface area contributed by atoms with E-state index in [1.165, 1.54) is 24.1 Å². The number of carboxylic acid groups (broad SMARTS) is 1. The van der Waals surface area contributed by atoms with Crippen LogP contribution in [-0.4, -0.2) is 86.7 Å². The van der Waals surface area contributed by atoms with Crippen molar-refractivity contribution in [2.75, 3.05) is 30.4 Å². The van der Waals surface area contributed by atoms with Crippen LogP contribution in [0.1, 0.15) is 6.42 Å². The molecule has 10 nitrogen and oxygen atoms in total. The molecule has 2 aromatic carbocycles. The molecule has 2 aromatic rings. The Kier molecular flexibility index (Phi) is 7.82. The number of urea groups is 2. The summed E-state index contributed by atoms with van der Waals surface area (Å²) in [6.07, 6.45) is -0.0580. The summed E-state index contributed by atoms with van der Waals surface area (Å²) >= 11 is 4.54. The van der Waals surface area contributed by atoms with Crippen molar-refractivity contribution in [1.29, 1.82) is 0 Å². The molecule has 2 aliphatic rings. The first-order valence-electron chi connectivity index (χ1n) is 10.9. The average Bonchev–Trinajstić information content (AvgIpc) is 3.46. The van der Waals surface area contributed by atoms with Crippen LogP contribution in [0.4, 0.5) is 25.4 Å². The molecule has 0 bridgehead atoms. The molecule has 0 saturated carbocycles. The monoisotopic (exact) mass is 579 g/mol. The summed E-state index contributed by atoms with van der Waals surface area (Å²) in [4.78, 5) is 52.0. The molecule has 189 valence electrons. The van der Waals surface area contributed by atoms with E-state index in [-0.39, 0.29) is 40.2 Å². The summed E-state index contributed by atoms with van der Waals surface area (Å²) in [6, 6.07) is 7.32. The Labute approximate surface area is 217 Å². The van der Waals surface area contributed by atoms with Crippen LogP contribution in [0.25, 0.3) is 0 Å². The number of hydrogen-bond donors (Lipinski definition) is 3. The second-order valence-corrected chi connectivity index (χ2v) is 11.0. The third-order valence-electron chi connectivity index (χ3n) is 5.94. The van der Waals surface area contributed by atoms with Crippen LogP contribution in [0, 0.1) is 5.82 Å². The molecular formula is C23H22AsClFN4O6. The standard InChI is InChI=1S/C23H22AsClFN4O6/c1-36-15-9-18(29(11-15)23(35)28-13-4-2-12(25)3-5-13)20(31)24-16-7-6-14(8-17(16)26)30-19(21(32)33)10-27-22(30)34/h2-8,15,18-19H,9-11H2,1H3,(H,27,34)(H,28,35)(H,32,33). The number of nitrogens with one attached hydrogen (secondary N) is 2. The first-order chi connectivity index (χ1) is 17.2. The van der Waals surface area contributed by atoms with Crippen LogP contribution < -0.4 is 19.9 Å². The Morgan fingerprint density at radius 2 is 1.92 bits per heavy atom. The number of methoxy groups -OCH3 is 1. The summed E-state index contributed by atoms with van der Waals surface area (Å²) in [5, 5.41) is 15.0. The summed E-state index contributed by atoms with van der Waals surface area (Å²) < 4.78 is 20.2. The van der Waals surface area contributed by atoms with Crippen molar-refractivity contribution in [1.82, 2.24) is 10.2 Å². The van der Waals surface area contributed by atoms with E-state index >= 15 is 0 Å². The molecule has 4 amide bonds. The summed E-state index contributed by atoms with van der Waals surface area (Å²) in [5.74, 6) is -1.94. The number of anilines is 2. The predicted octanol–water partition coefficient (Wildman–Crippen LogP) is 1.64. The third-order valence-corrected chi connectivity index (χ3v) is 8.55. The quantitative estimate of drug-likeness (QED) is 0.428. The van der Waals surface area contributed by atoms with Crippen molar-refractivity contribution in [2.45, 2.75) is 24.6 Å². The van der Waals surface area contributed by atoms with E-state index < -0.39 is 51.7 Å². The zero-order chi connectivity index (χ0) is 26.0. The molecule has 4 rings (SSSR count). The number of halogens is 2. The van der Waals surface area contributed by atoms with E-state index in [4.69, 9.17) is 16.3 Å². The van der Waals surface area contributed by atoms with Gasteiger partial charge in [-0.3, -0.25) is 0 Å². The van der Waals surface area contributed by atoms with Crippen LogP contribution in [0.5, 0.6) is 0 Å². The van der Waals surface area contributed by atoms with Crippen molar-refractivity contribution in [2.24, 2.45) is 0 Å². The fourth-order valence-corrected chi connectivity index (χ4v) is 6.20. The minimum absolute atomic E-state index is 0.0802. The summed E-state index contributed by atoms with van der Waals surface area (Å²) in [7, 11) is 1.50. The fraction of sp³-hybridized carbons (Fsp3) is 0.304. The Balaban J connectivity index is 1.48. The second kappa shape index (κ2) is 10.9. The third kappa shape index (κ3) is 5.48. The number of carbonyl (C=O) groups excluding carboxylic acids is 3. The first kappa shape index (κ1) is 25.9. The Morgan fingerprint density at radius 3 is 2.56 bits per heavy atom. The van der Waals surface area contributed by atoms with Crippen LogP contribution in [0.15, 0.2) is 42.5 Å². The SMILES string of the molecule is COC1CC(C(=O)[As]c2ccc(N3C(=O)NCC3C(=O)O)cc2F)N(C(=O)Nc2ccc(Cl)cc2)C1. The average molecular weight is 580 g/mol. The first-order valence-corrected chi connectivity index (χ1v) is 13.1. The maximum atomic E-state index is 15.0. The van der Waals surface area contributed by atoms with Crippen LogP contribution >= 0.6 is 11.6 Å². The van der Waals surface area contributed by atoms with Gasteiger partial charge in [-0.15, -0.1) is 0 Å². The maximum absolute atomic E-state index is 15.0. The molecule has 2 saturated heterocycles. The van der Waals surface area contributed by atoms with Crippen molar-refractivity contribution < 1.29 is 33.4 Å².